The number of ether oxygens (including phenoxy) is 1. The Morgan fingerprint density at radius 1 is 1.45 bits per heavy atom. The topological polar surface area (TPSA) is 79.2 Å². The number of aliphatic carboxylic acids is 1. The summed E-state index contributed by atoms with van der Waals surface area (Å²) in [5, 5.41) is 14.7. The Bertz CT molecular complexity index is 556. The van der Waals surface area contributed by atoms with E-state index in [2.05, 4.69) is 21.0 Å². The minimum atomic E-state index is -1.03. The molecule has 0 amide bonds. The van der Waals surface area contributed by atoms with Crippen LogP contribution in [-0.2, 0) is 14.3 Å². The second kappa shape index (κ2) is 6.04. The fourth-order valence-corrected chi connectivity index (χ4v) is 2.14. The lowest BCUT2D eigenvalue weighted by Gasteiger charge is -2.19. The lowest BCUT2D eigenvalue weighted by Crippen LogP contribution is -2.34. The molecular formula is C13H13BrN2O4. The van der Waals surface area contributed by atoms with Crippen LogP contribution in [-0.4, -0.2) is 35.4 Å². The summed E-state index contributed by atoms with van der Waals surface area (Å²) < 4.78 is 5.74. The normalized spacial score (nSPS) is 17.8. The van der Waals surface area contributed by atoms with Crippen molar-refractivity contribution in [3.8, 4) is 0 Å². The predicted molar refractivity (Wildman–Crippen MR) is 76.7 cm³/mol. The number of hydrogen-bond acceptors (Lipinski definition) is 5. The van der Waals surface area contributed by atoms with E-state index in [4.69, 9.17) is 4.74 Å². The molecule has 0 fully saturated rings. The van der Waals surface area contributed by atoms with Gasteiger partial charge in [-0.25, -0.2) is 9.59 Å². The Hall–Kier alpha value is -1.89. The van der Waals surface area contributed by atoms with Gasteiger partial charge in [-0.1, -0.05) is 15.9 Å². The fraction of sp³-hybridized carbons (Fsp3) is 0.308. The zero-order valence-corrected chi connectivity index (χ0v) is 12.3. The molecule has 106 valence electrons. The quantitative estimate of drug-likeness (QED) is 0.848. The zero-order chi connectivity index (χ0) is 14.7. The van der Waals surface area contributed by atoms with Crippen LogP contribution in [0.25, 0.3) is 0 Å². The molecule has 7 heteroatoms. The van der Waals surface area contributed by atoms with Crippen molar-refractivity contribution >= 4 is 39.3 Å². The van der Waals surface area contributed by atoms with Gasteiger partial charge in [-0.3, -0.25) is 5.01 Å². The standard InChI is InChI=1S/C13H13BrN2O4/c1-2-20-13(19)10-7-11(12(17)18)16(15-10)9-5-3-8(14)4-6-9/h3-6,11H,2,7H2,1H3,(H,17,18)/t11-/m0/s1. The molecule has 20 heavy (non-hydrogen) atoms. The second-order valence-corrected chi connectivity index (χ2v) is 5.06. The summed E-state index contributed by atoms with van der Waals surface area (Å²) in [5.74, 6) is -1.60. The molecule has 0 spiro atoms. The first kappa shape index (κ1) is 14.5. The summed E-state index contributed by atoms with van der Waals surface area (Å²) in [6.07, 6.45) is 0.0320. The molecule has 1 aliphatic heterocycles. The number of esters is 1. The molecule has 1 N–H and O–H groups in total. The summed E-state index contributed by atoms with van der Waals surface area (Å²) in [6.45, 7) is 1.92. The molecule has 0 aliphatic carbocycles. The highest BCUT2D eigenvalue weighted by molar-refractivity contribution is 9.10. The van der Waals surface area contributed by atoms with Gasteiger partial charge in [0.1, 0.15) is 5.71 Å². The number of carbonyl (C=O) groups excluding carboxylic acids is 1. The van der Waals surface area contributed by atoms with E-state index in [-0.39, 0.29) is 18.7 Å². The molecule has 1 aromatic carbocycles. The number of anilines is 1. The maximum atomic E-state index is 11.7. The summed E-state index contributed by atoms with van der Waals surface area (Å²) in [5.41, 5.74) is 0.738. The van der Waals surface area contributed by atoms with Crippen molar-refractivity contribution in [2.75, 3.05) is 11.6 Å². The number of benzene rings is 1. The molecule has 0 radical (unpaired) electrons. The maximum Gasteiger partial charge on any atom is 0.354 e. The molecule has 0 saturated heterocycles. The summed E-state index contributed by atoms with van der Waals surface area (Å²) in [4.78, 5) is 23.0. The van der Waals surface area contributed by atoms with Crippen LogP contribution in [0.2, 0.25) is 0 Å². The first-order valence-electron chi connectivity index (χ1n) is 6.05. The van der Waals surface area contributed by atoms with Crippen molar-refractivity contribution in [1.29, 1.82) is 0 Å². The Morgan fingerprint density at radius 2 is 2.10 bits per heavy atom. The van der Waals surface area contributed by atoms with Gasteiger partial charge in [0.2, 0.25) is 0 Å². The van der Waals surface area contributed by atoms with E-state index < -0.39 is 18.0 Å². The first-order valence-corrected chi connectivity index (χ1v) is 6.84. The van der Waals surface area contributed by atoms with Crippen molar-refractivity contribution in [3.63, 3.8) is 0 Å². The Kier molecular flexibility index (Phi) is 4.39. The molecule has 1 aromatic rings. The van der Waals surface area contributed by atoms with E-state index in [1.165, 1.54) is 5.01 Å². The van der Waals surface area contributed by atoms with Gasteiger partial charge in [-0.05, 0) is 31.2 Å². The van der Waals surface area contributed by atoms with Crippen LogP contribution < -0.4 is 5.01 Å². The van der Waals surface area contributed by atoms with Gasteiger partial charge in [0.15, 0.2) is 6.04 Å². The van der Waals surface area contributed by atoms with Crippen molar-refractivity contribution in [1.82, 2.24) is 0 Å². The summed E-state index contributed by atoms with van der Waals surface area (Å²) in [6, 6.07) is 6.14. The van der Waals surface area contributed by atoms with Gasteiger partial charge in [0.05, 0.1) is 12.3 Å². The number of halogens is 1. The lowest BCUT2D eigenvalue weighted by molar-refractivity contribution is -0.138. The Labute approximate surface area is 124 Å². The van der Waals surface area contributed by atoms with E-state index in [0.29, 0.717) is 5.69 Å². The highest BCUT2D eigenvalue weighted by Crippen LogP contribution is 2.26. The predicted octanol–water partition coefficient (Wildman–Crippen LogP) is 2.03. The van der Waals surface area contributed by atoms with Crippen LogP contribution in [0.3, 0.4) is 0 Å². The van der Waals surface area contributed by atoms with Crippen LogP contribution in [0.4, 0.5) is 5.69 Å². The number of carboxylic acids is 1. The van der Waals surface area contributed by atoms with Crippen molar-refractivity contribution in [2.45, 2.75) is 19.4 Å². The maximum absolute atomic E-state index is 11.7. The molecule has 6 nitrogen and oxygen atoms in total. The number of rotatable bonds is 4. The van der Waals surface area contributed by atoms with Crippen molar-refractivity contribution in [3.05, 3.63) is 28.7 Å². The number of carbonyl (C=O) groups is 2. The Morgan fingerprint density at radius 3 is 2.65 bits per heavy atom. The molecule has 2 rings (SSSR count). The van der Waals surface area contributed by atoms with E-state index in [1.54, 1.807) is 31.2 Å². The van der Waals surface area contributed by atoms with E-state index >= 15 is 0 Å². The SMILES string of the molecule is CCOC(=O)C1=NN(c2ccc(Br)cc2)[C@H](C(=O)O)C1. The summed E-state index contributed by atoms with van der Waals surface area (Å²) >= 11 is 3.31. The molecular weight excluding hydrogens is 328 g/mol. The monoisotopic (exact) mass is 340 g/mol. The number of hydrogen-bond donors (Lipinski definition) is 1. The average Bonchev–Trinajstić information content (AvgIpc) is 2.85. The zero-order valence-electron chi connectivity index (χ0n) is 10.7. The fourth-order valence-electron chi connectivity index (χ4n) is 1.87. The van der Waals surface area contributed by atoms with E-state index in [1.807, 2.05) is 0 Å². The average molecular weight is 341 g/mol. The van der Waals surface area contributed by atoms with Gasteiger partial charge in [-0.15, -0.1) is 0 Å². The van der Waals surface area contributed by atoms with Crippen molar-refractivity contribution < 1.29 is 19.4 Å². The van der Waals surface area contributed by atoms with E-state index in [0.717, 1.165) is 4.47 Å². The lowest BCUT2D eigenvalue weighted by atomic mass is 10.1. The number of nitrogens with zero attached hydrogens (tertiary/aromatic N) is 2. The third kappa shape index (κ3) is 2.98. The third-order valence-electron chi connectivity index (χ3n) is 2.80. The molecule has 1 atom stereocenters. The van der Waals surface area contributed by atoms with Crippen molar-refractivity contribution in [2.24, 2.45) is 5.10 Å². The highest BCUT2D eigenvalue weighted by atomic mass is 79.9. The molecule has 1 aliphatic rings. The van der Waals surface area contributed by atoms with Gasteiger partial charge >= 0.3 is 11.9 Å². The molecule has 0 unspecified atom stereocenters. The third-order valence-corrected chi connectivity index (χ3v) is 3.33. The van der Waals surface area contributed by atoms with Gasteiger partial charge in [-0.2, -0.15) is 5.10 Å². The molecule has 1 heterocycles. The van der Waals surface area contributed by atoms with Crippen LogP contribution in [0, 0.1) is 0 Å². The minimum Gasteiger partial charge on any atom is -0.480 e. The Balaban J connectivity index is 2.29. The smallest absolute Gasteiger partial charge is 0.354 e. The largest absolute Gasteiger partial charge is 0.480 e. The first-order chi connectivity index (χ1) is 9.52. The van der Waals surface area contributed by atoms with Gasteiger partial charge in [0.25, 0.3) is 0 Å². The van der Waals surface area contributed by atoms with Crippen LogP contribution in [0.5, 0.6) is 0 Å². The number of hydrazone groups is 1. The van der Waals surface area contributed by atoms with Gasteiger partial charge in [0, 0.05) is 10.9 Å². The molecule has 0 aromatic heterocycles. The highest BCUT2D eigenvalue weighted by Gasteiger charge is 2.36. The van der Waals surface area contributed by atoms with E-state index in [9.17, 15) is 14.7 Å². The molecule has 0 bridgehead atoms. The number of carboxylic acid groups (broad SMARTS) is 1. The van der Waals surface area contributed by atoms with Crippen LogP contribution >= 0.6 is 15.9 Å². The molecule has 0 saturated carbocycles. The van der Waals surface area contributed by atoms with Gasteiger partial charge < -0.3 is 9.84 Å². The van der Waals surface area contributed by atoms with Crippen LogP contribution in [0.15, 0.2) is 33.8 Å². The second-order valence-electron chi connectivity index (χ2n) is 4.15. The minimum absolute atomic E-state index is 0.0320. The van der Waals surface area contributed by atoms with Crippen LogP contribution in [0.1, 0.15) is 13.3 Å². The summed E-state index contributed by atoms with van der Waals surface area (Å²) in [7, 11) is 0.